The van der Waals surface area contributed by atoms with Gasteiger partial charge in [-0.2, -0.15) is 8.78 Å². The second-order valence-electron chi connectivity index (χ2n) is 4.02. The Balaban J connectivity index is 2.14. The quantitative estimate of drug-likeness (QED) is 0.858. The van der Waals surface area contributed by atoms with E-state index in [1.807, 2.05) is 0 Å². The van der Waals surface area contributed by atoms with Crippen molar-refractivity contribution in [3.63, 3.8) is 0 Å². The lowest BCUT2D eigenvalue weighted by Gasteiger charge is -2.18. The summed E-state index contributed by atoms with van der Waals surface area (Å²) in [6.07, 6.45) is 0. The minimum absolute atomic E-state index is 0.0831. The third-order valence-corrected chi connectivity index (χ3v) is 2.89. The molecule has 0 fully saturated rings. The molecule has 0 aliphatic carbocycles. The van der Waals surface area contributed by atoms with Crippen LogP contribution in [0.1, 0.15) is 5.56 Å². The van der Waals surface area contributed by atoms with Gasteiger partial charge in [-0.25, -0.2) is 0 Å². The van der Waals surface area contributed by atoms with Gasteiger partial charge in [0.25, 0.3) is 0 Å². The average Bonchev–Trinajstić information content (AvgIpc) is 2.39. The van der Waals surface area contributed by atoms with Crippen molar-refractivity contribution in [3.8, 4) is 5.75 Å². The Hall–Kier alpha value is -1.81. The molecular weight excluding hydrogens is 272 g/mol. The van der Waals surface area contributed by atoms with Gasteiger partial charge in [0, 0.05) is 5.56 Å². The summed E-state index contributed by atoms with van der Waals surface area (Å²) in [5.74, 6) is -3.02. The number of hydrogen-bond acceptors (Lipinski definition) is 2. The van der Waals surface area contributed by atoms with Gasteiger partial charge in [0.1, 0.15) is 0 Å². The first-order valence-corrected chi connectivity index (χ1v) is 5.98. The fourth-order valence-electron chi connectivity index (χ4n) is 1.61. The third kappa shape index (κ3) is 3.15. The van der Waals surface area contributed by atoms with Gasteiger partial charge in [0.15, 0.2) is 12.4 Å². The predicted molar refractivity (Wildman–Crippen MR) is 71.7 cm³/mol. The molecule has 0 amide bonds. The molecule has 0 unspecified atom stereocenters. The highest BCUT2D eigenvalue weighted by Gasteiger charge is 2.32. The van der Waals surface area contributed by atoms with Crippen LogP contribution < -0.4 is 10.5 Å². The average molecular weight is 284 g/mol. The topological polar surface area (TPSA) is 35.2 Å². The van der Waals surface area contributed by atoms with Crippen molar-refractivity contribution < 1.29 is 13.5 Å². The molecule has 100 valence electrons. The van der Waals surface area contributed by atoms with Gasteiger partial charge in [0.05, 0.1) is 10.7 Å². The summed E-state index contributed by atoms with van der Waals surface area (Å²) in [6.45, 7) is -0.815. The number of benzene rings is 2. The minimum Gasteiger partial charge on any atom is -0.483 e. The molecule has 0 atom stereocenters. The maximum atomic E-state index is 13.9. The fourth-order valence-corrected chi connectivity index (χ4v) is 1.84. The zero-order valence-electron chi connectivity index (χ0n) is 9.95. The lowest BCUT2D eigenvalue weighted by molar-refractivity contribution is -0.0464. The highest BCUT2D eigenvalue weighted by atomic mass is 35.5. The van der Waals surface area contributed by atoms with E-state index in [-0.39, 0.29) is 22.0 Å². The second-order valence-corrected chi connectivity index (χ2v) is 4.42. The van der Waals surface area contributed by atoms with E-state index in [1.165, 1.54) is 18.2 Å². The van der Waals surface area contributed by atoms with Crippen molar-refractivity contribution in [3.05, 3.63) is 59.1 Å². The Morgan fingerprint density at radius 2 is 1.74 bits per heavy atom. The molecule has 2 aromatic carbocycles. The van der Waals surface area contributed by atoms with Crippen molar-refractivity contribution >= 4 is 17.3 Å². The predicted octanol–water partition coefficient (Wildman–Crippen LogP) is 4.09. The monoisotopic (exact) mass is 283 g/mol. The molecule has 0 saturated heterocycles. The number of anilines is 1. The van der Waals surface area contributed by atoms with E-state index >= 15 is 0 Å². The van der Waals surface area contributed by atoms with Gasteiger partial charge in [-0.1, -0.05) is 48.0 Å². The summed E-state index contributed by atoms with van der Waals surface area (Å²) in [7, 11) is 0. The van der Waals surface area contributed by atoms with Crippen LogP contribution in [0, 0.1) is 0 Å². The molecule has 5 heteroatoms. The molecule has 0 radical (unpaired) electrons. The third-order valence-electron chi connectivity index (χ3n) is 2.59. The molecule has 19 heavy (non-hydrogen) atoms. The van der Waals surface area contributed by atoms with Crippen molar-refractivity contribution in [2.75, 3.05) is 12.3 Å². The Bertz CT molecular complexity index is 540. The van der Waals surface area contributed by atoms with Crippen LogP contribution >= 0.6 is 11.6 Å². The molecule has 0 saturated carbocycles. The molecule has 0 aliphatic heterocycles. The van der Waals surface area contributed by atoms with Gasteiger partial charge >= 0.3 is 5.92 Å². The van der Waals surface area contributed by atoms with E-state index in [2.05, 4.69) is 0 Å². The number of para-hydroxylation sites is 1. The Labute approximate surface area is 114 Å². The maximum absolute atomic E-state index is 13.9. The molecule has 0 spiro atoms. The maximum Gasteiger partial charge on any atom is 0.306 e. The number of rotatable bonds is 4. The number of nitrogens with two attached hydrogens (primary N) is 1. The summed E-state index contributed by atoms with van der Waals surface area (Å²) in [4.78, 5) is 0. The van der Waals surface area contributed by atoms with Crippen LogP contribution in [0.15, 0.2) is 48.5 Å². The first-order chi connectivity index (χ1) is 9.00. The van der Waals surface area contributed by atoms with Crippen molar-refractivity contribution in [2.24, 2.45) is 0 Å². The molecule has 0 aromatic heterocycles. The lowest BCUT2D eigenvalue weighted by Crippen LogP contribution is -2.23. The zero-order chi connectivity index (χ0) is 13.9. The van der Waals surface area contributed by atoms with Gasteiger partial charge in [0.2, 0.25) is 0 Å². The molecule has 0 heterocycles. The fraction of sp³-hybridized carbons (Fsp3) is 0.143. The van der Waals surface area contributed by atoms with Gasteiger partial charge in [-0.15, -0.1) is 0 Å². The van der Waals surface area contributed by atoms with Crippen molar-refractivity contribution in [1.29, 1.82) is 0 Å². The van der Waals surface area contributed by atoms with E-state index in [0.717, 1.165) is 0 Å². The van der Waals surface area contributed by atoms with Crippen LogP contribution in [0.2, 0.25) is 5.02 Å². The van der Waals surface area contributed by atoms with Crippen molar-refractivity contribution in [2.45, 2.75) is 5.92 Å². The molecule has 2 nitrogen and oxygen atoms in total. The molecule has 2 rings (SSSR count). The van der Waals surface area contributed by atoms with Gasteiger partial charge < -0.3 is 10.5 Å². The number of halogens is 3. The smallest absolute Gasteiger partial charge is 0.306 e. The van der Waals surface area contributed by atoms with Crippen LogP contribution in [-0.2, 0) is 5.92 Å². The van der Waals surface area contributed by atoms with Crippen LogP contribution in [0.5, 0.6) is 5.75 Å². The largest absolute Gasteiger partial charge is 0.483 e. The lowest BCUT2D eigenvalue weighted by atomic mass is 10.1. The standard InChI is InChI=1S/C14H12ClF2NO/c15-11-7-4-8-12(18)13(11)19-9-14(16,17)10-5-2-1-3-6-10/h1-8H,9,18H2. The van der Waals surface area contributed by atoms with Crippen LogP contribution in [0.4, 0.5) is 14.5 Å². The zero-order valence-corrected chi connectivity index (χ0v) is 10.7. The van der Waals surface area contributed by atoms with E-state index in [4.69, 9.17) is 22.1 Å². The van der Waals surface area contributed by atoms with E-state index < -0.39 is 12.5 Å². The number of hydrogen-bond donors (Lipinski definition) is 1. The Morgan fingerprint density at radius 3 is 2.37 bits per heavy atom. The molecule has 2 N–H and O–H groups in total. The second kappa shape index (κ2) is 5.45. The Kier molecular flexibility index (Phi) is 3.90. The summed E-state index contributed by atoms with van der Waals surface area (Å²) in [5, 5.41) is 0.212. The first kappa shape index (κ1) is 13.6. The van der Waals surface area contributed by atoms with Crippen LogP contribution in [0.25, 0.3) is 0 Å². The highest BCUT2D eigenvalue weighted by Crippen LogP contribution is 2.34. The molecule has 0 bridgehead atoms. The van der Waals surface area contributed by atoms with Crippen LogP contribution in [0.3, 0.4) is 0 Å². The van der Waals surface area contributed by atoms with Gasteiger partial charge in [-0.05, 0) is 12.1 Å². The summed E-state index contributed by atoms with van der Waals surface area (Å²) in [6, 6.07) is 12.2. The molecular formula is C14H12ClF2NO. The SMILES string of the molecule is Nc1cccc(Cl)c1OCC(F)(F)c1ccccc1. The number of ether oxygens (including phenoxy) is 1. The van der Waals surface area contributed by atoms with Crippen molar-refractivity contribution in [1.82, 2.24) is 0 Å². The highest BCUT2D eigenvalue weighted by molar-refractivity contribution is 6.32. The summed E-state index contributed by atoms with van der Waals surface area (Å²) in [5.41, 5.74) is 5.76. The van der Waals surface area contributed by atoms with Crippen LogP contribution in [-0.4, -0.2) is 6.61 Å². The molecule has 0 aliphatic rings. The first-order valence-electron chi connectivity index (χ1n) is 5.61. The van der Waals surface area contributed by atoms with Gasteiger partial charge in [-0.3, -0.25) is 0 Å². The minimum atomic E-state index is -3.10. The van der Waals surface area contributed by atoms with E-state index in [0.29, 0.717) is 0 Å². The normalized spacial score (nSPS) is 11.3. The Morgan fingerprint density at radius 1 is 1.05 bits per heavy atom. The molecule has 2 aromatic rings. The van der Waals surface area contributed by atoms with E-state index in [9.17, 15) is 8.78 Å². The number of nitrogen functional groups attached to an aromatic ring is 1. The summed E-state index contributed by atoms with van der Waals surface area (Å²) >= 11 is 5.85. The number of alkyl halides is 2. The summed E-state index contributed by atoms with van der Waals surface area (Å²) < 4.78 is 32.9. The van der Waals surface area contributed by atoms with E-state index in [1.54, 1.807) is 30.3 Å².